The summed E-state index contributed by atoms with van der Waals surface area (Å²) in [6.07, 6.45) is 0. The van der Waals surface area contributed by atoms with Crippen molar-refractivity contribution in [2.75, 3.05) is 24.7 Å². The topological polar surface area (TPSA) is 53.0 Å². The Morgan fingerprint density at radius 1 is 1.00 bits per heavy atom. The molecule has 0 spiro atoms. The van der Waals surface area contributed by atoms with Crippen molar-refractivity contribution in [2.24, 2.45) is 0 Å². The van der Waals surface area contributed by atoms with E-state index in [1.54, 1.807) is 0 Å². The first-order valence-corrected chi connectivity index (χ1v) is 7.36. The number of nitriles is 1. The number of nitrogens with two attached hydrogens (primary N) is 1. The van der Waals surface area contributed by atoms with Gasteiger partial charge >= 0.3 is 0 Å². The molecule has 22 heavy (non-hydrogen) atoms. The summed E-state index contributed by atoms with van der Waals surface area (Å²) in [5, 5.41) is 9.36. The maximum atomic E-state index is 9.36. The van der Waals surface area contributed by atoms with Crippen LogP contribution >= 0.6 is 0 Å². The van der Waals surface area contributed by atoms with E-state index < -0.39 is 0 Å². The lowest BCUT2D eigenvalue weighted by molar-refractivity contribution is 0.592. The molecule has 0 unspecified atom stereocenters. The van der Waals surface area contributed by atoms with E-state index in [4.69, 9.17) is 5.73 Å². The fourth-order valence-electron chi connectivity index (χ4n) is 2.48. The minimum Gasteiger partial charge on any atom is -0.397 e. The molecule has 0 atom stereocenters. The Balaban J connectivity index is 2.59. The fourth-order valence-corrected chi connectivity index (χ4v) is 2.48. The summed E-state index contributed by atoms with van der Waals surface area (Å²) < 4.78 is 0. The van der Waals surface area contributed by atoms with E-state index in [1.807, 2.05) is 20.2 Å². The van der Waals surface area contributed by atoms with Crippen molar-refractivity contribution in [1.82, 2.24) is 0 Å². The summed E-state index contributed by atoms with van der Waals surface area (Å²) in [5.41, 5.74) is 11.5. The van der Waals surface area contributed by atoms with Crippen LogP contribution in [0.4, 0.5) is 11.4 Å². The molecule has 0 bridgehead atoms. The fraction of sp³-hybridized carbons (Fsp3) is 0.316. The number of nitrogen functional groups attached to an aromatic ring is 1. The van der Waals surface area contributed by atoms with Gasteiger partial charge in [-0.25, -0.2) is 0 Å². The predicted octanol–water partition coefficient (Wildman–Crippen LogP) is 4.17. The van der Waals surface area contributed by atoms with Crippen molar-refractivity contribution in [2.45, 2.75) is 26.2 Å². The van der Waals surface area contributed by atoms with Crippen molar-refractivity contribution >= 4 is 11.4 Å². The molecule has 0 fully saturated rings. The first-order chi connectivity index (χ1) is 10.2. The third-order valence-corrected chi connectivity index (χ3v) is 3.83. The molecule has 3 heteroatoms. The molecule has 0 aliphatic heterocycles. The summed E-state index contributed by atoms with van der Waals surface area (Å²) in [6, 6.07) is 14.5. The van der Waals surface area contributed by atoms with Crippen molar-refractivity contribution in [3.63, 3.8) is 0 Å². The van der Waals surface area contributed by atoms with E-state index in [0.29, 0.717) is 11.3 Å². The van der Waals surface area contributed by atoms with Crippen LogP contribution in [0.2, 0.25) is 0 Å². The van der Waals surface area contributed by atoms with E-state index in [0.717, 1.165) is 22.4 Å². The normalized spacial score (nSPS) is 11.1. The third-order valence-electron chi connectivity index (χ3n) is 3.83. The Morgan fingerprint density at radius 3 is 2.05 bits per heavy atom. The molecule has 2 aromatic rings. The summed E-state index contributed by atoms with van der Waals surface area (Å²) in [6.45, 7) is 6.33. The highest BCUT2D eigenvalue weighted by Crippen LogP contribution is 2.35. The maximum Gasteiger partial charge on any atom is 0.101 e. The maximum absolute atomic E-state index is 9.36. The van der Waals surface area contributed by atoms with Crippen LogP contribution in [-0.2, 0) is 5.41 Å². The molecule has 114 valence electrons. The molecule has 0 saturated carbocycles. The summed E-state index contributed by atoms with van der Waals surface area (Å²) in [5.74, 6) is 0. The van der Waals surface area contributed by atoms with Gasteiger partial charge in [-0.2, -0.15) is 5.26 Å². The molecule has 0 amide bonds. The monoisotopic (exact) mass is 293 g/mol. The molecule has 3 nitrogen and oxygen atoms in total. The van der Waals surface area contributed by atoms with Gasteiger partial charge in [0.15, 0.2) is 0 Å². The number of hydrogen-bond donors (Lipinski definition) is 1. The second-order valence-corrected chi connectivity index (χ2v) is 6.79. The van der Waals surface area contributed by atoms with Gasteiger partial charge < -0.3 is 10.6 Å². The van der Waals surface area contributed by atoms with Crippen LogP contribution in [0.1, 0.15) is 31.9 Å². The van der Waals surface area contributed by atoms with E-state index in [-0.39, 0.29) is 5.41 Å². The standard InChI is InChI=1S/C19H23N3/c1-19(2,3)17-11-14(10-15(12-20)18(17)21)13-6-8-16(9-7-13)22(4)5/h6-11H,21H2,1-5H3. The van der Waals surface area contributed by atoms with Gasteiger partial charge in [0.25, 0.3) is 0 Å². The van der Waals surface area contributed by atoms with Gasteiger partial charge in [-0.1, -0.05) is 32.9 Å². The first-order valence-electron chi connectivity index (χ1n) is 7.36. The molecule has 2 aromatic carbocycles. The molecular weight excluding hydrogens is 270 g/mol. The van der Waals surface area contributed by atoms with Crippen LogP contribution in [-0.4, -0.2) is 14.1 Å². The zero-order valence-corrected chi connectivity index (χ0v) is 13.9. The molecule has 0 aliphatic rings. The lowest BCUT2D eigenvalue weighted by Gasteiger charge is -2.23. The molecule has 2 N–H and O–H groups in total. The van der Waals surface area contributed by atoms with Crippen molar-refractivity contribution in [3.8, 4) is 17.2 Å². The molecule has 0 saturated heterocycles. The Morgan fingerprint density at radius 2 is 1.59 bits per heavy atom. The summed E-state index contributed by atoms with van der Waals surface area (Å²) in [4.78, 5) is 2.06. The molecule has 0 heterocycles. The van der Waals surface area contributed by atoms with Gasteiger partial charge in [-0.3, -0.25) is 0 Å². The van der Waals surface area contributed by atoms with Crippen LogP contribution < -0.4 is 10.6 Å². The van der Waals surface area contributed by atoms with E-state index >= 15 is 0 Å². The van der Waals surface area contributed by atoms with Crippen LogP contribution in [0, 0.1) is 11.3 Å². The van der Waals surface area contributed by atoms with Crippen LogP contribution in [0.15, 0.2) is 36.4 Å². The number of rotatable bonds is 2. The molecule has 0 aromatic heterocycles. The van der Waals surface area contributed by atoms with Crippen molar-refractivity contribution < 1.29 is 0 Å². The minimum atomic E-state index is -0.102. The van der Waals surface area contributed by atoms with Gasteiger partial charge in [0.05, 0.1) is 11.3 Å². The summed E-state index contributed by atoms with van der Waals surface area (Å²) >= 11 is 0. The van der Waals surface area contributed by atoms with Gasteiger partial charge in [0.2, 0.25) is 0 Å². The van der Waals surface area contributed by atoms with E-state index in [2.05, 4.69) is 62.1 Å². The lowest BCUT2D eigenvalue weighted by atomic mass is 9.82. The Bertz CT molecular complexity index is 714. The molecule has 0 aliphatic carbocycles. The minimum absolute atomic E-state index is 0.102. The predicted molar refractivity (Wildman–Crippen MR) is 94.0 cm³/mol. The summed E-state index contributed by atoms with van der Waals surface area (Å²) in [7, 11) is 4.04. The zero-order valence-electron chi connectivity index (χ0n) is 13.9. The highest BCUT2D eigenvalue weighted by atomic mass is 15.1. The Hall–Kier alpha value is -2.47. The first kappa shape index (κ1) is 15.9. The van der Waals surface area contributed by atoms with Gasteiger partial charge in [0.1, 0.15) is 6.07 Å². The number of benzene rings is 2. The number of nitrogens with zero attached hydrogens (tertiary/aromatic N) is 2. The van der Waals surface area contributed by atoms with Gasteiger partial charge in [-0.05, 0) is 46.4 Å². The second-order valence-electron chi connectivity index (χ2n) is 6.79. The zero-order chi connectivity index (χ0) is 16.5. The highest BCUT2D eigenvalue weighted by molar-refractivity contribution is 5.74. The largest absolute Gasteiger partial charge is 0.397 e. The SMILES string of the molecule is CN(C)c1ccc(-c2cc(C#N)c(N)c(C(C)(C)C)c2)cc1. The smallest absolute Gasteiger partial charge is 0.101 e. The van der Waals surface area contributed by atoms with Gasteiger partial charge in [-0.15, -0.1) is 0 Å². The molecule has 0 radical (unpaired) electrons. The van der Waals surface area contributed by atoms with Crippen LogP contribution in [0.25, 0.3) is 11.1 Å². The lowest BCUT2D eigenvalue weighted by Crippen LogP contribution is -2.15. The van der Waals surface area contributed by atoms with Crippen LogP contribution in [0.5, 0.6) is 0 Å². The van der Waals surface area contributed by atoms with Crippen LogP contribution in [0.3, 0.4) is 0 Å². The average Bonchev–Trinajstić information content (AvgIpc) is 2.46. The quantitative estimate of drug-likeness (QED) is 0.845. The van der Waals surface area contributed by atoms with E-state index in [9.17, 15) is 5.26 Å². The Labute approximate surface area is 133 Å². The third kappa shape index (κ3) is 3.07. The number of anilines is 2. The number of hydrogen-bond acceptors (Lipinski definition) is 3. The second kappa shape index (κ2) is 5.73. The van der Waals surface area contributed by atoms with Crippen molar-refractivity contribution in [1.29, 1.82) is 5.26 Å². The Kier molecular flexibility index (Phi) is 4.14. The highest BCUT2D eigenvalue weighted by Gasteiger charge is 2.20. The average molecular weight is 293 g/mol. The van der Waals surface area contributed by atoms with Gasteiger partial charge in [0, 0.05) is 19.8 Å². The molecular formula is C19H23N3. The van der Waals surface area contributed by atoms with E-state index in [1.165, 1.54) is 0 Å². The molecule has 2 rings (SSSR count). The van der Waals surface area contributed by atoms with Crippen molar-refractivity contribution in [3.05, 3.63) is 47.5 Å².